The maximum absolute atomic E-state index is 12.2. The Kier molecular flexibility index (Phi) is 3.45. The van der Waals surface area contributed by atoms with E-state index in [1.165, 1.54) is 0 Å². The van der Waals surface area contributed by atoms with Crippen molar-refractivity contribution < 1.29 is 4.79 Å². The molecule has 1 aromatic carbocycles. The monoisotopic (exact) mass is 306 g/mol. The van der Waals surface area contributed by atoms with Crippen LogP contribution >= 0.6 is 15.9 Å². The molecule has 0 saturated heterocycles. The summed E-state index contributed by atoms with van der Waals surface area (Å²) in [5.74, 6) is 0.278. The summed E-state index contributed by atoms with van der Waals surface area (Å²) < 4.78 is 0.922. The van der Waals surface area contributed by atoms with Crippen molar-refractivity contribution in [3.05, 3.63) is 28.2 Å². The number of nitriles is 1. The topological polar surface area (TPSA) is 52.9 Å². The number of benzene rings is 1. The van der Waals surface area contributed by atoms with Crippen LogP contribution in [0.25, 0.3) is 0 Å². The minimum Gasteiger partial charge on any atom is -0.325 e. The summed E-state index contributed by atoms with van der Waals surface area (Å²) in [4.78, 5) is 12.2. The van der Waals surface area contributed by atoms with Gasteiger partial charge in [-0.1, -0.05) is 22.9 Å². The van der Waals surface area contributed by atoms with E-state index in [2.05, 4.69) is 34.2 Å². The average molecular weight is 307 g/mol. The normalized spacial score (nSPS) is 26.0. The van der Waals surface area contributed by atoms with Crippen LogP contribution in [0.4, 0.5) is 5.69 Å². The third-order valence-corrected chi connectivity index (χ3v) is 3.80. The molecule has 0 unspecified atom stereocenters. The Balaban J connectivity index is 2.14. The molecular weight excluding hydrogens is 292 g/mol. The van der Waals surface area contributed by atoms with Gasteiger partial charge >= 0.3 is 0 Å². The summed E-state index contributed by atoms with van der Waals surface area (Å²) in [5.41, 5.74) is 0.976. The van der Waals surface area contributed by atoms with Gasteiger partial charge in [0, 0.05) is 10.2 Å². The molecule has 0 atom stereocenters. The second-order valence-electron chi connectivity index (χ2n) is 5.18. The van der Waals surface area contributed by atoms with Crippen molar-refractivity contribution in [1.82, 2.24) is 0 Å². The molecule has 3 nitrogen and oxygen atoms in total. The van der Waals surface area contributed by atoms with E-state index in [9.17, 15) is 10.1 Å². The molecule has 18 heavy (non-hydrogen) atoms. The highest BCUT2D eigenvalue weighted by Crippen LogP contribution is 2.45. The van der Waals surface area contributed by atoms with Gasteiger partial charge in [0.15, 0.2) is 0 Å². The van der Waals surface area contributed by atoms with Gasteiger partial charge in [-0.15, -0.1) is 0 Å². The van der Waals surface area contributed by atoms with Crippen LogP contribution in [0.2, 0.25) is 0 Å². The summed E-state index contributed by atoms with van der Waals surface area (Å²) in [6.07, 6.45) is 1.31. The molecule has 1 saturated carbocycles. The average Bonchev–Trinajstić information content (AvgIpc) is 2.22. The largest absolute Gasteiger partial charge is 0.325 e. The van der Waals surface area contributed by atoms with Crippen molar-refractivity contribution in [2.24, 2.45) is 11.3 Å². The van der Waals surface area contributed by atoms with Gasteiger partial charge in [-0.2, -0.15) is 5.26 Å². The maximum atomic E-state index is 12.2. The fourth-order valence-electron chi connectivity index (χ4n) is 2.52. The molecule has 2 rings (SSSR count). The lowest BCUT2D eigenvalue weighted by molar-refractivity contribution is -0.128. The van der Waals surface area contributed by atoms with Crippen molar-refractivity contribution in [3.8, 4) is 6.07 Å². The first kappa shape index (κ1) is 13.1. The SMILES string of the molecule is Cc1cc(Br)cc(NC(=O)C2(C#N)CC(C)C2)c1. The number of amides is 1. The number of hydrogen-bond donors (Lipinski definition) is 1. The number of halogens is 1. The molecule has 1 aliphatic carbocycles. The van der Waals surface area contributed by atoms with E-state index in [1.54, 1.807) is 0 Å². The number of rotatable bonds is 2. The van der Waals surface area contributed by atoms with Crippen LogP contribution in [0.3, 0.4) is 0 Å². The number of hydrogen-bond acceptors (Lipinski definition) is 2. The van der Waals surface area contributed by atoms with Gasteiger partial charge in [0.05, 0.1) is 6.07 Å². The molecule has 4 heteroatoms. The molecule has 0 aliphatic heterocycles. The molecule has 0 heterocycles. The van der Waals surface area contributed by atoms with Gasteiger partial charge < -0.3 is 5.32 Å². The van der Waals surface area contributed by atoms with Crippen LogP contribution in [0.5, 0.6) is 0 Å². The van der Waals surface area contributed by atoms with Gasteiger partial charge in [0.25, 0.3) is 0 Å². The summed E-state index contributed by atoms with van der Waals surface area (Å²) in [5, 5.41) is 12.0. The quantitative estimate of drug-likeness (QED) is 0.907. The Hall–Kier alpha value is -1.34. The molecule has 0 radical (unpaired) electrons. The standard InChI is InChI=1S/C14H15BrN2O/c1-9-3-11(15)5-12(4-9)17-13(18)14(8-16)6-10(2)7-14/h3-5,10H,6-7H2,1-2H3,(H,17,18). The van der Waals surface area contributed by atoms with E-state index in [4.69, 9.17) is 0 Å². The van der Waals surface area contributed by atoms with Crippen LogP contribution in [0, 0.1) is 29.6 Å². The van der Waals surface area contributed by atoms with Gasteiger partial charge in [-0.25, -0.2) is 0 Å². The van der Waals surface area contributed by atoms with E-state index in [0.717, 1.165) is 15.7 Å². The molecular formula is C14H15BrN2O. The lowest BCUT2D eigenvalue weighted by atomic mass is 9.63. The number of nitrogens with zero attached hydrogens (tertiary/aromatic N) is 1. The second kappa shape index (κ2) is 4.74. The number of aryl methyl sites for hydroxylation is 1. The maximum Gasteiger partial charge on any atom is 0.244 e. The fraction of sp³-hybridized carbons (Fsp3) is 0.429. The van der Waals surface area contributed by atoms with Crippen molar-refractivity contribution in [2.45, 2.75) is 26.7 Å². The number of nitrogens with one attached hydrogen (secondary N) is 1. The molecule has 0 bridgehead atoms. The molecule has 94 valence electrons. The van der Waals surface area contributed by atoms with E-state index in [1.807, 2.05) is 25.1 Å². The van der Waals surface area contributed by atoms with Crippen LogP contribution in [-0.2, 0) is 4.79 Å². The van der Waals surface area contributed by atoms with Crippen LogP contribution in [0.1, 0.15) is 25.3 Å². The first-order valence-electron chi connectivity index (χ1n) is 5.95. The Labute approximate surface area is 115 Å². The lowest BCUT2D eigenvalue weighted by Crippen LogP contribution is -2.45. The zero-order valence-corrected chi connectivity index (χ0v) is 12.0. The minimum atomic E-state index is -0.824. The van der Waals surface area contributed by atoms with Crippen molar-refractivity contribution in [1.29, 1.82) is 5.26 Å². The molecule has 1 fully saturated rings. The van der Waals surface area contributed by atoms with Crippen LogP contribution in [-0.4, -0.2) is 5.91 Å². The predicted molar refractivity (Wildman–Crippen MR) is 74.0 cm³/mol. The van der Waals surface area contributed by atoms with E-state index >= 15 is 0 Å². The highest BCUT2D eigenvalue weighted by Gasteiger charge is 2.48. The number of anilines is 1. The van der Waals surface area contributed by atoms with Crippen molar-refractivity contribution in [2.75, 3.05) is 5.32 Å². The first-order chi connectivity index (χ1) is 8.45. The minimum absolute atomic E-state index is 0.180. The Morgan fingerprint density at radius 3 is 2.67 bits per heavy atom. The zero-order valence-electron chi connectivity index (χ0n) is 10.5. The Morgan fingerprint density at radius 2 is 2.17 bits per heavy atom. The molecule has 1 aromatic rings. The Bertz CT molecular complexity index is 507. The van der Waals surface area contributed by atoms with E-state index < -0.39 is 5.41 Å². The van der Waals surface area contributed by atoms with Gasteiger partial charge in [-0.05, 0) is 49.4 Å². The predicted octanol–water partition coefficient (Wildman–Crippen LogP) is 3.64. The summed E-state index contributed by atoms with van der Waals surface area (Å²) in [6, 6.07) is 7.89. The summed E-state index contributed by atoms with van der Waals surface area (Å²) in [7, 11) is 0. The highest BCUT2D eigenvalue weighted by molar-refractivity contribution is 9.10. The van der Waals surface area contributed by atoms with Gasteiger partial charge in [-0.3, -0.25) is 4.79 Å². The van der Waals surface area contributed by atoms with E-state index in [-0.39, 0.29) is 5.91 Å². The van der Waals surface area contributed by atoms with Crippen molar-refractivity contribution >= 4 is 27.5 Å². The van der Waals surface area contributed by atoms with Gasteiger partial charge in [0.1, 0.15) is 5.41 Å². The third kappa shape index (κ3) is 2.41. The number of carbonyl (C=O) groups excluding carboxylic acids is 1. The van der Waals surface area contributed by atoms with Gasteiger partial charge in [0.2, 0.25) is 5.91 Å². The van der Waals surface area contributed by atoms with Crippen molar-refractivity contribution in [3.63, 3.8) is 0 Å². The highest BCUT2D eigenvalue weighted by atomic mass is 79.9. The third-order valence-electron chi connectivity index (χ3n) is 3.34. The number of carbonyl (C=O) groups is 1. The Morgan fingerprint density at radius 1 is 1.50 bits per heavy atom. The van der Waals surface area contributed by atoms with E-state index in [0.29, 0.717) is 18.8 Å². The summed E-state index contributed by atoms with van der Waals surface area (Å²) >= 11 is 3.39. The van der Waals surface area contributed by atoms with Crippen LogP contribution < -0.4 is 5.32 Å². The molecule has 0 spiro atoms. The molecule has 0 aromatic heterocycles. The molecule has 1 N–H and O–H groups in total. The molecule has 1 aliphatic rings. The fourth-order valence-corrected chi connectivity index (χ4v) is 3.12. The smallest absolute Gasteiger partial charge is 0.244 e. The summed E-state index contributed by atoms with van der Waals surface area (Å²) in [6.45, 7) is 4.03. The molecule has 1 amide bonds. The first-order valence-corrected chi connectivity index (χ1v) is 6.74. The van der Waals surface area contributed by atoms with Crippen LogP contribution in [0.15, 0.2) is 22.7 Å². The zero-order chi connectivity index (χ0) is 13.3. The lowest BCUT2D eigenvalue weighted by Gasteiger charge is -2.39. The second-order valence-corrected chi connectivity index (χ2v) is 6.09.